The summed E-state index contributed by atoms with van der Waals surface area (Å²) in [6, 6.07) is 14.6. The molecule has 0 unspecified atom stereocenters. The zero-order chi connectivity index (χ0) is 18.5. The maximum absolute atomic E-state index is 12.3. The van der Waals surface area contributed by atoms with Gasteiger partial charge in [0.25, 0.3) is 5.91 Å². The fourth-order valence-corrected chi connectivity index (χ4v) is 2.79. The van der Waals surface area contributed by atoms with E-state index in [0.29, 0.717) is 23.5 Å². The topological polar surface area (TPSA) is 97.5 Å². The number of fused-ring (bicyclic) bond motifs is 1. The van der Waals surface area contributed by atoms with Gasteiger partial charge in [0.15, 0.2) is 6.61 Å². The molecule has 0 aliphatic rings. The number of rotatable bonds is 6. The number of nitrogens with two attached hydrogens (primary N) is 1. The van der Waals surface area contributed by atoms with Crippen molar-refractivity contribution in [1.29, 1.82) is 0 Å². The fraction of sp³-hybridized carbons (Fsp3) is 0.200. The van der Waals surface area contributed by atoms with E-state index < -0.39 is 0 Å². The number of nitrogens with zero attached hydrogens (tertiary/aromatic N) is 1. The molecule has 0 saturated carbocycles. The Hall–Kier alpha value is -2.96. The molecule has 4 N–H and O–H groups in total. The number of para-hydroxylation sites is 1. The summed E-state index contributed by atoms with van der Waals surface area (Å²) >= 11 is 0. The number of nitrogens with one attached hydrogen (secondary N) is 1. The van der Waals surface area contributed by atoms with Crippen molar-refractivity contribution in [1.82, 2.24) is 4.98 Å². The number of pyridine rings is 1. The molecule has 0 fully saturated rings. The third-order valence-electron chi connectivity index (χ3n) is 4.00. The normalized spacial score (nSPS) is 10.7. The number of hydrogen-bond acceptors (Lipinski definition) is 5. The molecule has 3 aromatic rings. The van der Waals surface area contributed by atoms with E-state index in [0.717, 1.165) is 22.2 Å². The first kappa shape index (κ1) is 17.8. The van der Waals surface area contributed by atoms with Crippen LogP contribution in [0.25, 0.3) is 10.9 Å². The molecule has 0 atom stereocenters. The van der Waals surface area contributed by atoms with Gasteiger partial charge in [0.05, 0.1) is 17.8 Å². The number of benzene rings is 2. The molecule has 3 rings (SSSR count). The van der Waals surface area contributed by atoms with Crippen LogP contribution in [0.15, 0.2) is 48.5 Å². The molecule has 1 amide bonds. The van der Waals surface area contributed by atoms with Crippen molar-refractivity contribution >= 4 is 22.5 Å². The smallest absolute Gasteiger partial charge is 0.262 e. The van der Waals surface area contributed by atoms with Gasteiger partial charge in [-0.25, -0.2) is 0 Å². The lowest BCUT2D eigenvalue weighted by atomic mass is 10.1. The van der Waals surface area contributed by atoms with Crippen LogP contribution < -0.4 is 15.8 Å². The highest BCUT2D eigenvalue weighted by Gasteiger charge is 2.11. The van der Waals surface area contributed by atoms with Crippen molar-refractivity contribution in [2.45, 2.75) is 20.1 Å². The Labute approximate surface area is 151 Å². The van der Waals surface area contributed by atoms with Crippen LogP contribution >= 0.6 is 0 Å². The number of aliphatic hydroxyl groups is 1. The highest BCUT2D eigenvalue weighted by molar-refractivity contribution is 6.01. The maximum Gasteiger partial charge on any atom is 0.262 e. The summed E-state index contributed by atoms with van der Waals surface area (Å²) in [6.45, 7) is 2.06. The van der Waals surface area contributed by atoms with Crippen LogP contribution in [0.2, 0.25) is 0 Å². The second-order valence-electron chi connectivity index (χ2n) is 5.97. The standard InChI is InChI=1S/C20H21N3O3/c1-13-8-15(11-24)17-6-3-7-18(20(17)22-13)23-19(25)12-26-16-5-2-4-14(9-16)10-21/h2-9,24H,10-12,21H2,1H3,(H,23,25). The number of anilines is 1. The van der Waals surface area contributed by atoms with Crippen LogP contribution in [0.3, 0.4) is 0 Å². The summed E-state index contributed by atoms with van der Waals surface area (Å²) in [4.78, 5) is 16.8. The molecule has 0 radical (unpaired) electrons. The zero-order valence-electron chi connectivity index (χ0n) is 14.5. The Balaban J connectivity index is 1.76. The van der Waals surface area contributed by atoms with Crippen molar-refractivity contribution in [3.05, 3.63) is 65.4 Å². The molecule has 0 bridgehead atoms. The van der Waals surface area contributed by atoms with E-state index >= 15 is 0 Å². The minimum Gasteiger partial charge on any atom is -0.484 e. The molecule has 2 aromatic carbocycles. The van der Waals surface area contributed by atoms with Crippen molar-refractivity contribution in [2.75, 3.05) is 11.9 Å². The Kier molecular flexibility index (Phi) is 5.46. The van der Waals surface area contributed by atoms with E-state index in [1.54, 1.807) is 12.1 Å². The summed E-state index contributed by atoms with van der Waals surface area (Å²) in [5, 5.41) is 13.2. The minimum atomic E-state index is -0.287. The number of aliphatic hydroxyl groups excluding tert-OH is 1. The Morgan fingerprint density at radius 2 is 2.04 bits per heavy atom. The SMILES string of the molecule is Cc1cc(CO)c2cccc(NC(=O)COc3cccc(CN)c3)c2n1. The average Bonchev–Trinajstić information content (AvgIpc) is 2.66. The molecular formula is C20H21N3O3. The Morgan fingerprint density at radius 3 is 2.81 bits per heavy atom. The second kappa shape index (κ2) is 7.95. The first-order valence-electron chi connectivity index (χ1n) is 8.32. The van der Waals surface area contributed by atoms with Crippen molar-refractivity contribution in [2.24, 2.45) is 5.73 Å². The van der Waals surface area contributed by atoms with E-state index in [9.17, 15) is 9.90 Å². The van der Waals surface area contributed by atoms with E-state index in [1.165, 1.54) is 0 Å². The van der Waals surface area contributed by atoms with E-state index in [-0.39, 0.29) is 19.1 Å². The zero-order valence-corrected chi connectivity index (χ0v) is 14.5. The summed E-state index contributed by atoms with van der Waals surface area (Å²) in [6.07, 6.45) is 0. The Bertz CT molecular complexity index is 941. The molecule has 0 aliphatic heterocycles. The third kappa shape index (κ3) is 3.99. The predicted molar refractivity (Wildman–Crippen MR) is 101 cm³/mol. The van der Waals surface area contributed by atoms with E-state index in [2.05, 4.69) is 10.3 Å². The molecule has 0 spiro atoms. The quantitative estimate of drug-likeness (QED) is 0.634. The maximum atomic E-state index is 12.3. The van der Waals surface area contributed by atoms with Crippen LogP contribution in [0.1, 0.15) is 16.8 Å². The van der Waals surface area contributed by atoms with Gasteiger partial charge < -0.3 is 20.9 Å². The van der Waals surface area contributed by atoms with E-state index in [1.807, 2.05) is 43.3 Å². The highest BCUT2D eigenvalue weighted by atomic mass is 16.5. The minimum absolute atomic E-state index is 0.0855. The molecule has 0 aliphatic carbocycles. The largest absolute Gasteiger partial charge is 0.484 e. The number of hydrogen-bond donors (Lipinski definition) is 3. The van der Waals surface area contributed by atoms with Gasteiger partial charge in [-0.3, -0.25) is 9.78 Å². The van der Waals surface area contributed by atoms with Crippen LogP contribution in [0, 0.1) is 6.92 Å². The van der Waals surface area contributed by atoms with Crippen molar-refractivity contribution < 1.29 is 14.6 Å². The van der Waals surface area contributed by atoms with Crippen LogP contribution in [0.4, 0.5) is 5.69 Å². The van der Waals surface area contributed by atoms with Gasteiger partial charge >= 0.3 is 0 Å². The van der Waals surface area contributed by atoms with Gasteiger partial charge in [-0.2, -0.15) is 0 Å². The highest BCUT2D eigenvalue weighted by Crippen LogP contribution is 2.25. The lowest BCUT2D eigenvalue weighted by Crippen LogP contribution is -2.20. The lowest BCUT2D eigenvalue weighted by Gasteiger charge is -2.12. The summed E-state index contributed by atoms with van der Waals surface area (Å²) in [5.41, 5.74) is 9.33. The fourth-order valence-electron chi connectivity index (χ4n) is 2.79. The van der Waals surface area contributed by atoms with E-state index in [4.69, 9.17) is 10.5 Å². The molecule has 0 saturated heterocycles. The number of aromatic nitrogens is 1. The molecule has 6 nitrogen and oxygen atoms in total. The van der Waals surface area contributed by atoms with Crippen LogP contribution in [-0.2, 0) is 17.9 Å². The van der Waals surface area contributed by atoms with Gasteiger partial charge in [-0.15, -0.1) is 0 Å². The molecule has 1 heterocycles. The van der Waals surface area contributed by atoms with Crippen molar-refractivity contribution in [3.8, 4) is 5.75 Å². The van der Waals surface area contributed by atoms with Crippen LogP contribution in [0.5, 0.6) is 5.75 Å². The number of carbonyl (C=O) groups is 1. The number of carbonyl (C=O) groups excluding carboxylic acids is 1. The third-order valence-corrected chi connectivity index (χ3v) is 4.00. The van der Waals surface area contributed by atoms with Gasteiger partial charge in [-0.05, 0) is 42.3 Å². The average molecular weight is 351 g/mol. The molecule has 26 heavy (non-hydrogen) atoms. The molecular weight excluding hydrogens is 330 g/mol. The Morgan fingerprint density at radius 1 is 1.23 bits per heavy atom. The molecule has 1 aromatic heterocycles. The second-order valence-corrected chi connectivity index (χ2v) is 5.97. The van der Waals surface area contributed by atoms with Gasteiger partial charge in [0, 0.05) is 17.6 Å². The number of aryl methyl sites for hydroxylation is 1. The van der Waals surface area contributed by atoms with Gasteiger partial charge in [0.2, 0.25) is 0 Å². The summed E-state index contributed by atoms with van der Waals surface area (Å²) < 4.78 is 5.54. The molecule has 6 heteroatoms. The van der Waals surface area contributed by atoms with Gasteiger partial charge in [0.1, 0.15) is 5.75 Å². The monoisotopic (exact) mass is 351 g/mol. The van der Waals surface area contributed by atoms with Crippen LogP contribution in [-0.4, -0.2) is 22.6 Å². The first-order chi connectivity index (χ1) is 12.6. The molecule has 134 valence electrons. The number of ether oxygens (including phenoxy) is 1. The summed E-state index contributed by atoms with van der Waals surface area (Å²) in [7, 11) is 0. The summed E-state index contributed by atoms with van der Waals surface area (Å²) in [5.74, 6) is 0.307. The first-order valence-corrected chi connectivity index (χ1v) is 8.32. The van der Waals surface area contributed by atoms with Crippen molar-refractivity contribution in [3.63, 3.8) is 0 Å². The number of amides is 1. The lowest BCUT2D eigenvalue weighted by molar-refractivity contribution is -0.118. The van der Waals surface area contributed by atoms with Gasteiger partial charge in [-0.1, -0.05) is 24.3 Å². The predicted octanol–water partition coefficient (Wildman–Crippen LogP) is 2.51.